The van der Waals surface area contributed by atoms with Gasteiger partial charge in [-0.25, -0.2) is 15.0 Å². The Balaban J connectivity index is 1.79. The molecule has 3 rings (SSSR count). The zero-order valence-electron chi connectivity index (χ0n) is 13.9. The third kappa shape index (κ3) is 3.64. The van der Waals surface area contributed by atoms with Gasteiger partial charge in [0, 0.05) is 0 Å². The normalized spacial score (nSPS) is 12.1. The van der Waals surface area contributed by atoms with Gasteiger partial charge in [-0.05, 0) is 6.42 Å². The number of fused-ring (bicyclic) bond motifs is 1. The summed E-state index contributed by atoms with van der Waals surface area (Å²) in [7, 11) is 1.27. The van der Waals surface area contributed by atoms with Gasteiger partial charge in [0.05, 0.1) is 24.9 Å². The summed E-state index contributed by atoms with van der Waals surface area (Å²) in [6.45, 7) is 1.85. The lowest BCUT2D eigenvalue weighted by molar-refractivity contribution is -0.115. The number of halogens is 1. The van der Waals surface area contributed by atoms with Gasteiger partial charge in [0.2, 0.25) is 23.6 Å². The Hall–Kier alpha value is -3.02. The van der Waals surface area contributed by atoms with Crippen molar-refractivity contribution in [2.45, 2.75) is 23.6 Å². The van der Waals surface area contributed by atoms with E-state index in [0.29, 0.717) is 22.6 Å². The topological polar surface area (TPSA) is 145 Å². The van der Waals surface area contributed by atoms with Crippen LogP contribution in [0.5, 0.6) is 5.88 Å². The molecule has 0 aliphatic carbocycles. The van der Waals surface area contributed by atoms with Crippen LogP contribution < -0.4 is 15.8 Å². The van der Waals surface area contributed by atoms with E-state index in [2.05, 4.69) is 35.2 Å². The average molecular weight is 378 g/mol. The summed E-state index contributed by atoms with van der Waals surface area (Å²) in [5.74, 6) is -1.32. The second kappa shape index (κ2) is 7.47. The molecule has 0 saturated carbocycles. The van der Waals surface area contributed by atoms with Crippen molar-refractivity contribution in [1.82, 2.24) is 29.9 Å². The van der Waals surface area contributed by atoms with Crippen LogP contribution in [0.2, 0.25) is 0 Å². The summed E-state index contributed by atoms with van der Waals surface area (Å²) in [5.41, 5.74) is 6.70. The van der Waals surface area contributed by atoms with E-state index < -0.39 is 11.1 Å². The molecular formula is C14H15FN8O2S. The summed E-state index contributed by atoms with van der Waals surface area (Å²) in [6, 6.07) is 0. The number of nitrogens with one attached hydrogen (secondary N) is 2. The molecule has 0 aromatic carbocycles. The zero-order chi connectivity index (χ0) is 18.7. The molecule has 3 aromatic heterocycles. The van der Waals surface area contributed by atoms with Crippen LogP contribution in [0, 0.1) is 5.82 Å². The molecule has 0 bridgehead atoms. The van der Waals surface area contributed by atoms with Crippen molar-refractivity contribution < 1.29 is 13.9 Å². The summed E-state index contributed by atoms with van der Waals surface area (Å²) >= 11 is 1.20. The molecule has 0 fully saturated rings. The molecule has 4 N–H and O–H groups in total. The molecule has 0 aliphatic heterocycles. The van der Waals surface area contributed by atoms with E-state index in [4.69, 9.17) is 10.5 Å². The van der Waals surface area contributed by atoms with E-state index in [1.807, 2.05) is 6.92 Å². The number of nitrogen functional groups attached to an aromatic ring is 1. The largest absolute Gasteiger partial charge is 0.479 e. The molecule has 3 aromatic rings. The second-order valence-electron chi connectivity index (χ2n) is 5.04. The quantitative estimate of drug-likeness (QED) is 0.428. The highest BCUT2D eigenvalue weighted by atomic mass is 32.2. The van der Waals surface area contributed by atoms with Crippen molar-refractivity contribution in [1.29, 1.82) is 0 Å². The molecule has 10 nitrogen and oxygen atoms in total. The summed E-state index contributed by atoms with van der Waals surface area (Å²) in [5, 5.41) is 2.53. The number of aromatic amines is 1. The number of anilines is 2. The molecule has 0 aliphatic rings. The minimum Gasteiger partial charge on any atom is -0.479 e. The Morgan fingerprint density at radius 1 is 1.42 bits per heavy atom. The maximum atomic E-state index is 13.4. The van der Waals surface area contributed by atoms with Gasteiger partial charge in [-0.3, -0.25) is 10.1 Å². The fourth-order valence-electron chi connectivity index (χ4n) is 2.11. The van der Waals surface area contributed by atoms with Gasteiger partial charge < -0.3 is 15.5 Å². The van der Waals surface area contributed by atoms with E-state index in [-0.39, 0.29) is 23.7 Å². The van der Waals surface area contributed by atoms with Crippen molar-refractivity contribution in [2.75, 3.05) is 18.2 Å². The highest BCUT2D eigenvalue weighted by Crippen LogP contribution is 2.29. The highest BCUT2D eigenvalue weighted by Gasteiger charge is 2.22. The van der Waals surface area contributed by atoms with Crippen molar-refractivity contribution in [3.05, 3.63) is 18.3 Å². The maximum Gasteiger partial charge on any atom is 0.255 e. The van der Waals surface area contributed by atoms with Gasteiger partial charge in [0.1, 0.15) is 10.5 Å². The van der Waals surface area contributed by atoms with Gasteiger partial charge in [-0.15, -0.1) is 0 Å². The smallest absolute Gasteiger partial charge is 0.255 e. The number of aromatic nitrogens is 6. The Morgan fingerprint density at radius 2 is 2.23 bits per heavy atom. The van der Waals surface area contributed by atoms with Crippen molar-refractivity contribution >= 4 is 40.7 Å². The molecule has 3 heterocycles. The molecule has 26 heavy (non-hydrogen) atoms. The Morgan fingerprint density at radius 3 is 2.96 bits per heavy atom. The third-order valence-electron chi connectivity index (χ3n) is 3.33. The standard InChI is InChI=1S/C14H15FN8O2S/c1-3-7(10(24)21-14-17-4-6(15)11(22-14)25-2)26-12-8-9(19-5-18-8)20-13(16)23-12/h4-5,7H,3H2,1-2H3,(H,17,21,22,24)(H3,16,18,19,20,23)/t7-/m0/s1. The van der Waals surface area contributed by atoms with E-state index >= 15 is 0 Å². The van der Waals surface area contributed by atoms with Gasteiger partial charge in [0.25, 0.3) is 5.88 Å². The van der Waals surface area contributed by atoms with E-state index in [9.17, 15) is 9.18 Å². The number of nitrogens with two attached hydrogens (primary N) is 1. The SMILES string of the molecule is CC[C@H](Sc1nc(N)nc2nc[nH]c12)C(=O)Nc1ncc(F)c(OC)n1. The first-order valence-electron chi connectivity index (χ1n) is 7.52. The number of thioether (sulfide) groups is 1. The first-order valence-corrected chi connectivity index (χ1v) is 8.40. The number of H-pyrrole nitrogens is 1. The van der Waals surface area contributed by atoms with Gasteiger partial charge in [-0.2, -0.15) is 14.4 Å². The number of hydrogen-bond acceptors (Lipinski definition) is 9. The third-order valence-corrected chi connectivity index (χ3v) is 4.68. The van der Waals surface area contributed by atoms with Crippen molar-refractivity contribution in [2.24, 2.45) is 0 Å². The summed E-state index contributed by atoms with van der Waals surface area (Å²) in [4.78, 5) is 35.2. The molecule has 0 radical (unpaired) electrons. The lowest BCUT2D eigenvalue weighted by Crippen LogP contribution is -2.26. The number of carbonyl (C=O) groups is 1. The Labute approximate surface area is 151 Å². The molecule has 136 valence electrons. The lowest BCUT2D eigenvalue weighted by Gasteiger charge is -2.14. The highest BCUT2D eigenvalue weighted by molar-refractivity contribution is 8.00. The molecule has 0 unspecified atom stereocenters. The minimum atomic E-state index is -0.718. The van der Waals surface area contributed by atoms with Gasteiger partial charge in [0.15, 0.2) is 5.65 Å². The van der Waals surface area contributed by atoms with E-state index in [1.165, 1.54) is 25.2 Å². The predicted molar refractivity (Wildman–Crippen MR) is 93.2 cm³/mol. The number of amides is 1. The van der Waals surface area contributed by atoms with Crippen LogP contribution in [0.3, 0.4) is 0 Å². The molecule has 0 saturated heterocycles. The van der Waals surface area contributed by atoms with Crippen molar-refractivity contribution in [3.63, 3.8) is 0 Å². The molecule has 1 amide bonds. The monoisotopic (exact) mass is 378 g/mol. The van der Waals surface area contributed by atoms with Crippen LogP contribution in [-0.4, -0.2) is 48.2 Å². The van der Waals surface area contributed by atoms with Crippen LogP contribution >= 0.6 is 11.8 Å². The number of ether oxygens (including phenoxy) is 1. The number of rotatable bonds is 6. The number of carbonyl (C=O) groups excluding carboxylic acids is 1. The Bertz CT molecular complexity index is 950. The van der Waals surface area contributed by atoms with Crippen LogP contribution in [0.4, 0.5) is 16.3 Å². The average Bonchev–Trinajstić information content (AvgIpc) is 3.09. The van der Waals surface area contributed by atoms with Crippen molar-refractivity contribution in [3.8, 4) is 5.88 Å². The first kappa shape index (κ1) is 17.8. The number of hydrogen-bond donors (Lipinski definition) is 3. The minimum absolute atomic E-state index is 0.0545. The number of nitrogens with zero attached hydrogens (tertiary/aromatic N) is 5. The van der Waals surface area contributed by atoms with Crippen LogP contribution in [-0.2, 0) is 4.79 Å². The molecule has 0 spiro atoms. The van der Waals surface area contributed by atoms with Crippen LogP contribution in [0.1, 0.15) is 13.3 Å². The van der Waals surface area contributed by atoms with Crippen LogP contribution in [0.25, 0.3) is 11.2 Å². The van der Waals surface area contributed by atoms with Crippen LogP contribution in [0.15, 0.2) is 17.6 Å². The zero-order valence-corrected chi connectivity index (χ0v) is 14.7. The lowest BCUT2D eigenvalue weighted by atomic mass is 10.3. The second-order valence-corrected chi connectivity index (χ2v) is 6.23. The molecule has 12 heteroatoms. The number of methoxy groups -OCH3 is 1. The van der Waals surface area contributed by atoms with E-state index in [0.717, 1.165) is 6.20 Å². The van der Waals surface area contributed by atoms with E-state index in [1.54, 1.807) is 0 Å². The summed E-state index contributed by atoms with van der Waals surface area (Å²) < 4.78 is 18.2. The first-order chi connectivity index (χ1) is 12.5. The Kier molecular flexibility index (Phi) is 5.11. The fourth-order valence-corrected chi connectivity index (χ4v) is 3.13. The number of imidazole rings is 1. The fraction of sp³-hybridized carbons (Fsp3) is 0.286. The molecular weight excluding hydrogens is 363 g/mol. The summed E-state index contributed by atoms with van der Waals surface area (Å²) in [6.07, 6.45) is 2.89. The molecule has 1 atom stereocenters. The van der Waals surface area contributed by atoms with Gasteiger partial charge in [-0.1, -0.05) is 18.7 Å². The maximum absolute atomic E-state index is 13.4. The predicted octanol–water partition coefficient (Wildman–Crippen LogP) is 1.38. The van der Waals surface area contributed by atoms with Gasteiger partial charge >= 0.3 is 0 Å².